The molecule has 8 heteroatoms. The zero-order valence-corrected chi connectivity index (χ0v) is 16.3. The van der Waals surface area contributed by atoms with Gasteiger partial charge in [0.1, 0.15) is 0 Å². The monoisotopic (exact) mass is 404 g/mol. The number of hydrogen-bond donors (Lipinski definition) is 1. The van der Waals surface area contributed by atoms with Crippen molar-refractivity contribution in [2.24, 2.45) is 0 Å². The molecule has 0 atom stereocenters. The van der Waals surface area contributed by atoms with Crippen LogP contribution in [-0.4, -0.2) is 38.7 Å². The molecule has 0 unspecified atom stereocenters. The molecule has 3 aromatic rings. The molecule has 1 saturated heterocycles. The van der Waals surface area contributed by atoms with Crippen molar-refractivity contribution >= 4 is 16.8 Å². The number of aromatic nitrogens is 3. The quantitative estimate of drug-likeness (QED) is 0.669. The van der Waals surface area contributed by atoms with Gasteiger partial charge in [0.25, 0.3) is 5.91 Å². The summed E-state index contributed by atoms with van der Waals surface area (Å²) in [5.74, 6) is -0.322. The Balaban J connectivity index is 1.53. The van der Waals surface area contributed by atoms with E-state index in [1.807, 2.05) is 24.4 Å². The third-order valence-corrected chi connectivity index (χ3v) is 5.63. The average molecular weight is 404 g/mol. The number of aromatic amines is 1. The van der Waals surface area contributed by atoms with Crippen LogP contribution in [0, 0.1) is 0 Å². The highest BCUT2D eigenvalue weighted by atomic mass is 19.4. The second kappa shape index (κ2) is 7.24. The Labute approximate surface area is 166 Å². The zero-order chi connectivity index (χ0) is 20.8. The third kappa shape index (κ3) is 3.52. The molecule has 29 heavy (non-hydrogen) atoms. The minimum absolute atomic E-state index is 0.274. The van der Waals surface area contributed by atoms with Crippen molar-refractivity contribution in [1.29, 1.82) is 0 Å². The summed E-state index contributed by atoms with van der Waals surface area (Å²) in [6.07, 6.45) is -0.146. The largest absolute Gasteiger partial charge is 0.433 e. The summed E-state index contributed by atoms with van der Waals surface area (Å²) in [7, 11) is 0. The van der Waals surface area contributed by atoms with Crippen LogP contribution < -0.4 is 0 Å². The van der Waals surface area contributed by atoms with E-state index in [9.17, 15) is 18.0 Å². The van der Waals surface area contributed by atoms with Crippen molar-refractivity contribution in [2.45, 2.75) is 44.8 Å². The molecule has 4 rings (SSSR count). The second-order valence-electron chi connectivity index (χ2n) is 7.80. The number of fused-ring (bicyclic) bond motifs is 1. The normalized spacial score (nSPS) is 16.1. The standard InChI is InChI=1S/C21H23F3N4O/c1-13(2)28-19(21(22,23)24)17(12-26-28)20(29)27-9-7-14(8-10-27)16-11-25-18-6-4-3-5-15(16)18/h3-6,11-14,25H,7-10H2,1-2H3. The molecular weight excluding hydrogens is 381 g/mol. The van der Waals surface area contributed by atoms with Gasteiger partial charge in [-0.1, -0.05) is 18.2 Å². The van der Waals surface area contributed by atoms with Crippen LogP contribution in [0.4, 0.5) is 13.2 Å². The number of nitrogens with zero attached hydrogens (tertiary/aromatic N) is 3. The smallest absolute Gasteiger partial charge is 0.361 e. The van der Waals surface area contributed by atoms with Crippen LogP contribution in [0.2, 0.25) is 0 Å². The number of H-pyrrole nitrogens is 1. The first-order valence-electron chi connectivity index (χ1n) is 9.77. The van der Waals surface area contributed by atoms with E-state index in [2.05, 4.69) is 16.1 Å². The van der Waals surface area contributed by atoms with Crippen molar-refractivity contribution < 1.29 is 18.0 Å². The Morgan fingerprint density at radius 2 is 1.90 bits per heavy atom. The van der Waals surface area contributed by atoms with E-state index >= 15 is 0 Å². The molecule has 0 bridgehead atoms. The maximum atomic E-state index is 13.6. The molecule has 0 radical (unpaired) electrons. The number of hydrogen-bond acceptors (Lipinski definition) is 2. The maximum Gasteiger partial charge on any atom is 0.433 e. The van der Waals surface area contributed by atoms with Gasteiger partial charge in [0.2, 0.25) is 0 Å². The van der Waals surface area contributed by atoms with Crippen molar-refractivity contribution in [2.75, 3.05) is 13.1 Å². The van der Waals surface area contributed by atoms with Gasteiger partial charge in [-0.05, 0) is 44.2 Å². The highest BCUT2D eigenvalue weighted by molar-refractivity contribution is 5.95. The average Bonchev–Trinajstić information content (AvgIpc) is 3.32. The summed E-state index contributed by atoms with van der Waals surface area (Å²) in [5.41, 5.74) is 0.946. The summed E-state index contributed by atoms with van der Waals surface area (Å²) >= 11 is 0. The summed E-state index contributed by atoms with van der Waals surface area (Å²) in [6.45, 7) is 4.08. The summed E-state index contributed by atoms with van der Waals surface area (Å²) in [4.78, 5) is 17.7. The summed E-state index contributed by atoms with van der Waals surface area (Å²) in [6, 6.07) is 7.56. The van der Waals surface area contributed by atoms with Crippen molar-refractivity contribution in [3.63, 3.8) is 0 Å². The minimum atomic E-state index is -4.63. The van der Waals surface area contributed by atoms with Crippen LogP contribution in [0.5, 0.6) is 0 Å². The van der Waals surface area contributed by atoms with Gasteiger partial charge >= 0.3 is 6.18 Å². The lowest BCUT2D eigenvalue weighted by atomic mass is 9.89. The van der Waals surface area contributed by atoms with E-state index < -0.39 is 23.8 Å². The molecule has 1 aromatic carbocycles. The highest BCUT2D eigenvalue weighted by Gasteiger charge is 2.41. The Bertz CT molecular complexity index is 1030. The number of benzene rings is 1. The van der Waals surface area contributed by atoms with Crippen LogP contribution in [0.15, 0.2) is 36.7 Å². The van der Waals surface area contributed by atoms with Gasteiger partial charge in [-0.15, -0.1) is 0 Å². The highest BCUT2D eigenvalue weighted by Crippen LogP contribution is 2.36. The van der Waals surface area contributed by atoms with E-state index in [4.69, 9.17) is 0 Å². The molecule has 1 fully saturated rings. The zero-order valence-electron chi connectivity index (χ0n) is 16.3. The van der Waals surface area contributed by atoms with Crippen LogP contribution in [0.3, 0.4) is 0 Å². The molecule has 0 saturated carbocycles. The van der Waals surface area contributed by atoms with Crippen molar-refractivity contribution in [3.8, 4) is 0 Å². The first kappa shape index (κ1) is 19.5. The predicted molar refractivity (Wildman–Crippen MR) is 104 cm³/mol. The van der Waals surface area contributed by atoms with Gasteiger partial charge in [-0.25, -0.2) is 0 Å². The lowest BCUT2D eigenvalue weighted by Gasteiger charge is -2.32. The van der Waals surface area contributed by atoms with Gasteiger partial charge in [-0.2, -0.15) is 18.3 Å². The summed E-state index contributed by atoms with van der Waals surface area (Å²) in [5, 5.41) is 4.99. The fourth-order valence-electron chi connectivity index (χ4n) is 4.19. The molecule has 1 amide bonds. The number of carbonyl (C=O) groups is 1. The van der Waals surface area contributed by atoms with Crippen LogP contribution >= 0.6 is 0 Å². The molecule has 5 nitrogen and oxygen atoms in total. The fourth-order valence-corrected chi connectivity index (χ4v) is 4.19. The number of alkyl halides is 3. The number of nitrogens with one attached hydrogen (secondary N) is 1. The Hall–Kier alpha value is -2.77. The lowest BCUT2D eigenvalue weighted by Crippen LogP contribution is -2.38. The Morgan fingerprint density at radius 1 is 1.21 bits per heavy atom. The van der Waals surface area contributed by atoms with Crippen LogP contribution in [0.1, 0.15) is 60.3 Å². The molecule has 1 aliphatic heterocycles. The van der Waals surface area contributed by atoms with Crippen molar-refractivity contribution in [3.05, 3.63) is 53.5 Å². The minimum Gasteiger partial charge on any atom is -0.361 e. The van der Waals surface area contributed by atoms with Crippen LogP contribution in [-0.2, 0) is 6.18 Å². The predicted octanol–water partition coefficient (Wildman–Crippen LogP) is 4.98. The number of rotatable bonds is 3. The number of halogens is 3. The molecule has 0 spiro atoms. The fraction of sp³-hybridized carbons (Fsp3) is 0.429. The molecular formula is C21H23F3N4O. The summed E-state index contributed by atoms with van der Waals surface area (Å²) < 4.78 is 41.7. The van der Waals surface area contributed by atoms with Gasteiger partial charge in [0.05, 0.1) is 11.8 Å². The molecule has 0 aliphatic carbocycles. The first-order valence-corrected chi connectivity index (χ1v) is 9.77. The molecule has 3 heterocycles. The lowest BCUT2D eigenvalue weighted by molar-refractivity contribution is -0.145. The maximum absolute atomic E-state index is 13.6. The van der Waals surface area contributed by atoms with E-state index in [0.717, 1.165) is 21.8 Å². The van der Waals surface area contributed by atoms with E-state index in [1.165, 1.54) is 10.5 Å². The molecule has 154 valence electrons. The van der Waals surface area contributed by atoms with E-state index in [0.29, 0.717) is 25.9 Å². The number of likely N-dealkylation sites (tertiary alicyclic amines) is 1. The van der Waals surface area contributed by atoms with Crippen molar-refractivity contribution in [1.82, 2.24) is 19.7 Å². The van der Waals surface area contributed by atoms with Gasteiger partial charge in [-0.3, -0.25) is 9.48 Å². The Kier molecular flexibility index (Phi) is 4.88. The first-order chi connectivity index (χ1) is 13.8. The van der Waals surface area contributed by atoms with Crippen LogP contribution in [0.25, 0.3) is 10.9 Å². The topological polar surface area (TPSA) is 53.9 Å². The molecule has 2 aromatic heterocycles. The van der Waals surface area contributed by atoms with Gasteiger partial charge in [0, 0.05) is 36.2 Å². The molecule has 1 aliphatic rings. The number of amides is 1. The number of carbonyl (C=O) groups excluding carboxylic acids is 1. The Morgan fingerprint density at radius 3 is 2.55 bits per heavy atom. The van der Waals surface area contributed by atoms with Gasteiger partial charge < -0.3 is 9.88 Å². The second-order valence-corrected chi connectivity index (χ2v) is 7.80. The third-order valence-electron chi connectivity index (χ3n) is 5.63. The number of piperidine rings is 1. The van der Waals surface area contributed by atoms with E-state index in [1.54, 1.807) is 13.8 Å². The van der Waals surface area contributed by atoms with Gasteiger partial charge in [0.15, 0.2) is 5.69 Å². The molecule has 1 N–H and O–H groups in total. The van der Waals surface area contributed by atoms with E-state index in [-0.39, 0.29) is 11.5 Å². The SMILES string of the molecule is CC(C)n1ncc(C(=O)N2CCC(c3c[nH]c4ccccc34)CC2)c1C(F)(F)F. The number of para-hydroxylation sites is 1.